The number of aryl methyl sites for hydroxylation is 2. The summed E-state index contributed by atoms with van der Waals surface area (Å²) >= 11 is 0. The van der Waals surface area contributed by atoms with E-state index in [1.165, 1.54) is 24.0 Å². The van der Waals surface area contributed by atoms with Gasteiger partial charge in [0.1, 0.15) is 5.75 Å². The van der Waals surface area contributed by atoms with E-state index in [4.69, 9.17) is 4.74 Å². The van der Waals surface area contributed by atoms with Gasteiger partial charge in [-0.05, 0) is 79.6 Å². The molecular weight excluding hydrogens is 402 g/mol. The van der Waals surface area contributed by atoms with Crippen molar-refractivity contribution in [1.82, 2.24) is 10.3 Å². The molecule has 4 rings (SSSR count). The molecule has 0 saturated heterocycles. The molecule has 2 aromatic carbocycles. The van der Waals surface area contributed by atoms with Crippen LogP contribution in [0.15, 0.2) is 67.0 Å². The maximum Gasteiger partial charge on any atom is 0.265 e. The first-order valence-electron chi connectivity index (χ1n) is 11.0. The lowest BCUT2D eigenvalue weighted by Gasteiger charge is -2.19. The van der Waals surface area contributed by atoms with Crippen LogP contribution in [0.25, 0.3) is 0 Å². The van der Waals surface area contributed by atoms with E-state index in [1.807, 2.05) is 24.3 Å². The zero-order valence-corrected chi connectivity index (χ0v) is 18.1. The molecule has 2 N–H and O–H groups in total. The minimum absolute atomic E-state index is 0.270. The molecule has 6 nitrogen and oxygen atoms in total. The summed E-state index contributed by atoms with van der Waals surface area (Å²) < 4.78 is 5.90. The van der Waals surface area contributed by atoms with Gasteiger partial charge < -0.3 is 15.4 Å². The number of hydrogen-bond acceptors (Lipinski definition) is 4. The summed E-state index contributed by atoms with van der Waals surface area (Å²) in [6, 6.07) is 16.7. The molecule has 0 saturated carbocycles. The summed E-state index contributed by atoms with van der Waals surface area (Å²) in [6.07, 6.45) is 7.24. The van der Waals surface area contributed by atoms with Gasteiger partial charge in [-0.3, -0.25) is 14.6 Å². The van der Waals surface area contributed by atoms with E-state index in [1.54, 1.807) is 43.6 Å². The molecule has 1 aromatic heterocycles. The Morgan fingerprint density at radius 3 is 2.66 bits per heavy atom. The van der Waals surface area contributed by atoms with Crippen molar-refractivity contribution in [2.75, 3.05) is 5.32 Å². The number of hydrogen-bond donors (Lipinski definition) is 2. The topological polar surface area (TPSA) is 80.3 Å². The molecule has 1 unspecified atom stereocenters. The predicted molar refractivity (Wildman–Crippen MR) is 124 cm³/mol. The number of aromatic nitrogens is 1. The Kier molecular flexibility index (Phi) is 6.80. The Hall–Kier alpha value is -3.67. The van der Waals surface area contributed by atoms with Gasteiger partial charge in [0.15, 0.2) is 6.10 Å². The second-order valence-electron chi connectivity index (χ2n) is 7.98. The molecule has 0 spiro atoms. The van der Waals surface area contributed by atoms with Gasteiger partial charge in [-0.15, -0.1) is 0 Å². The fourth-order valence-corrected chi connectivity index (χ4v) is 3.85. The van der Waals surface area contributed by atoms with Crippen LogP contribution in [0.3, 0.4) is 0 Å². The molecule has 164 valence electrons. The number of rotatable bonds is 7. The molecule has 6 heteroatoms. The maximum absolute atomic E-state index is 12.8. The number of nitrogens with zero attached hydrogens (tertiary/aromatic N) is 1. The summed E-state index contributed by atoms with van der Waals surface area (Å²) in [7, 11) is 0. The van der Waals surface area contributed by atoms with E-state index in [0.29, 0.717) is 23.5 Å². The third kappa shape index (κ3) is 5.32. The molecule has 0 fully saturated rings. The number of carbonyl (C=O) groups is 2. The largest absolute Gasteiger partial charge is 0.481 e. The number of nitrogens with one attached hydrogen (secondary N) is 2. The maximum atomic E-state index is 12.8. The fraction of sp³-hybridized carbons (Fsp3) is 0.269. The van der Waals surface area contributed by atoms with Crippen molar-refractivity contribution in [3.8, 4) is 5.75 Å². The third-order valence-corrected chi connectivity index (χ3v) is 5.61. The monoisotopic (exact) mass is 429 g/mol. The normalized spacial score (nSPS) is 13.5. The number of para-hydroxylation sites is 1. The van der Waals surface area contributed by atoms with Gasteiger partial charge in [0.2, 0.25) is 0 Å². The Bertz CT molecular complexity index is 1100. The Balaban J connectivity index is 1.39. The summed E-state index contributed by atoms with van der Waals surface area (Å²) in [5.41, 5.74) is 4.41. The van der Waals surface area contributed by atoms with Crippen LogP contribution >= 0.6 is 0 Å². The predicted octanol–water partition coefficient (Wildman–Crippen LogP) is 4.30. The van der Waals surface area contributed by atoms with E-state index in [-0.39, 0.29) is 11.8 Å². The van der Waals surface area contributed by atoms with Crippen molar-refractivity contribution >= 4 is 17.5 Å². The van der Waals surface area contributed by atoms with Crippen LogP contribution in [-0.4, -0.2) is 22.9 Å². The smallest absolute Gasteiger partial charge is 0.265 e. The molecule has 1 heterocycles. The zero-order valence-electron chi connectivity index (χ0n) is 18.1. The van der Waals surface area contributed by atoms with Crippen molar-refractivity contribution < 1.29 is 14.3 Å². The van der Waals surface area contributed by atoms with Crippen LogP contribution in [0, 0.1) is 0 Å². The van der Waals surface area contributed by atoms with Crippen LogP contribution in [0.2, 0.25) is 0 Å². The Labute approximate surface area is 188 Å². The van der Waals surface area contributed by atoms with Crippen molar-refractivity contribution in [2.45, 2.75) is 45.3 Å². The van der Waals surface area contributed by atoms with E-state index >= 15 is 0 Å². The van der Waals surface area contributed by atoms with Crippen LogP contribution in [0.5, 0.6) is 5.75 Å². The van der Waals surface area contributed by atoms with Crippen molar-refractivity contribution in [2.24, 2.45) is 0 Å². The van der Waals surface area contributed by atoms with E-state index in [2.05, 4.69) is 21.7 Å². The quantitative estimate of drug-likeness (QED) is 0.587. The number of amides is 2. The average molecular weight is 430 g/mol. The number of pyridine rings is 1. The molecule has 1 atom stereocenters. The molecule has 1 aliphatic carbocycles. The Morgan fingerprint density at radius 2 is 1.84 bits per heavy atom. The standard InChI is InChI=1S/C26H27N3O3/c1-18(32-22-13-12-20-8-2-3-9-21(20)15-22)25(30)29-24-11-5-4-10-23(24)26(31)28-17-19-7-6-14-27-16-19/h4-7,10-16,18H,2-3,8-9,17H2,1H3,(H,28,31)(H,29,30). The molecule has 3 aromatic rings. The third-order valence-electron chi connectivity index (χ3n) is 5.61. The summed E-state index contributed by atoms with van der Waals surface area (Å²) in [6.45, 7) is 2.06. The molecule has 1 aliphatic rings. The van der Waals surface area contributed by atoms with Crippen LogP contribution in [0.4, 0.5) is 5.69 Å². The minimum atomic E-state index is -0.705. The summed E-state index contributed by atoms with van der Waals surface area (Å²) in [5, 5.41) is 5.70. The molecule has 32 heavy (non-hydrogen) atoms. The molecule has 2 amide bonds. The summed E-state index contributed by atoms with van der Waals surface area (Å²) in [5.74, 6) is 0.110. The fourth-order valence-electron chi connectivity index (χ4n) is 3.85. The highest BCUT2D eigenvalue weighted by Crippen LogP contribution is 2.26. The lowest BCUT2D eigenvalue weighted by atomic mass is 9.92. The minimum Gasteiger partial charge on any atom is -0.481 e. The van der Waals surface area contributed by atoms with Gasteiger partial charge in [0.05, 0.1) is 11.3 Å². The average Bonchev–Trinajstić information content (AvgIpc) is 2.83. The molecular formula is C26H27N3O3. The van der Waals surface area contributed by atoms with Crippen LogP contribution in [-0.2, 0) is 24.2 Å². The highest BCUT2D eigenvalue weighted by Gasteiger charge is 2.19. The molecule has 0 bridgehead atoms. The van der Waals surface area contributed by atoms with Gasteiger partial charge in [0.25, 0.3) is 11.8 Å². The molecule has 0 radical (unpaired) electrons. The van der Waals surface area contributed by atoms with Gasteiger partial charge in [-0.25, -0.2) is 0 Å². The van der Waals surface area contributed by atoms with Gasteiger partial charge in [-0.2, -0.15) is 0 Å². The SMILES string of the molecule is CC(Oc1ccc2c(c1)CCCC2)C(=O)Nc1ccccc1C(=O)NCc1cccnc1. The number of fused-ring (bicyclic) bond motifs is 1. The lowest BCUT2D eigenvalue weighted by Crippen LogP contribution is -2.31. The first-order valence-corrected chi connectivity index (χ1v) is 11.0. The van der Waals surface area contributed by atoms with E-state index < -0.39 is 6.10 Å². The molecule has 0 aliphatic heterocycles. The number of benzene rings is 2. The Morgan fingerprint density at radius 1 is 1.03 bits per heavy atom. The first-order chi connectivity index (χ1) is 15.6. The number of ether oxygens (including phenoxy) is 1. The van der Waals surface area contributed by atoms with Crippen molar-refractivity contribution in [1.29, 1.82) is 0 Å². The highest BCUT2D eigenvalue weighted by atomic mass is 16.5. The van der Waals surface area contributed by atoms with Crippen molar-refractivity contribution in [3.05, 3.63) is 89.2 Å². The highest BCUT2D eigenvalue weighted by molar-refractivity contribution is 6.04. The van der Waals surface area contributed by atoms with Gasteiger partial charge in [-0.1, -0.05) is 24.3 Å². The van der Waals surface area contributed by atoms with Crippen molar-refractivity contribution in [3.63, 3.8) is 0 Å². The second-order valence-corrected chi connectivity index (χ2v) is 7.98. The summed E-state index contributed by atoms with van der Waals surface area (Å²) in [4.78, 5) is 29.5. The van der Waals surface area contributed by atoms with Gasteiger partial charge in [0, 0.05) is 18.9 Å². The van der Waals surface area contributed by atoms with E-state index in [9.17, 15) is 9.59 Å². The number of anilines is 1. The van der Waals surface area contributed by atoms with Gasteiger partial charge >= 0.3 is 0 Å². The van der Waals surface area contributed by atoms with Crippen LogP contribution in [0.1, 0.15) is 46.8 Å². The number of carbonyl (C=O) groups excluding carboxylic acids is 2. The second kappa shape index (κ2) is 10.1. The zero-order chi connectivity index (χ0) is 22.3. The van der Waals surface area contributed by atoms with Crippen LogP contribution < -0.4 is 15.4 Å². The lowest BCUT2D eigenvalue weighted by molar-refractivity contribution is -0.122. The van der Waals surface area contributed by atoms with E-state index in [0.717, 1.165) is 18.4 Å². The first kappa shape index (κ1) is 21.6.